The minimum absolute atomic E-state index is 0.00171. The number of benzene rings is 1. The normalized spacial score (nSPS) is 12.8. The van der Waals surface area contributed by atoms with Crippen molar-refractivity contribution in [1.82, 2.24) is 19.9 Å². The highest BCUT2D eigenvalue weighted by atomic mass is 16.4. The lowest BCUT2D eigenvalue weighted by atomic mass is 9.86. The zero-order chi connectivity index (χ0) is 23.6. The number of anilines is 3. The van der Waals surface area contributed by atoms with Gasteiger partial charge in [0.15, 0.2) is 28.3 Å². The van der Waals surface area contributed by atoms with Gasteiger partial charge in [-0.3, -0.25) is 19.4 Å². The third-order valence-corrected chi connectivity index (χ3v) is 4.80. The van der Waals surface area contributed by atoms with Gasteiger partial charge in [-0.05, 0) is 30.7 Å². The van der Waals surface area contributed by atoms with E-state index >= 15 is 0 Å². The van der Waals surface area contributed by atoms with E-state index in [0.717, 1.165) is 0 Å². The second kappa shape index (κ2) is 8.39. The first kappa shape index (κ1) is 22.3. The van der Waals surface area contributed by atoms with Crippen molar-refractivity contribution < 1.29 is 24.6 Å². The number of hydrogen-bond donors (Lipinski definition) is 5. The fourth-order valence-corrected chi connectivity index (χ4v) is 2.93. The van der Waals surface area contributed by atoms with Gasteiger partial charge in [0.2, 0.25) is 5.95 Å². The molecule has 0 saturated carbocycles. The molecule has 2 heterocycles. The monoisotopic (exact) mass is 441 g/mol. The molecular formula is C19H19N7O6. The van der Waals surface area contributed by atoms with E-state index in [2.05, 4.69) is 19.9 Å². The summed E-state index contributed by atoms with van der Waals surface area (Å²) in [5.41, 5.74) is 8.92. The highest BCUT2D eigenvalue weighted by Crippen LogP contribution is 2.24. The SMILES string of the molecule is CN(c1ccc(C(=O)C(N)(CCC(=O)O)C(=O)O)cc1)c1cnc2nc(N)[nH]c(=O)c2n1. The van der Waals surface area contributed by atoms with E-state index in [4.69, 9.17) is 16.6 Å². The number of carboxylic acid groups (broad SMARTS) is 2. The second-order valence-corrected chi connectivity index (χ2v) is 6.96. The maximum Gasteiger partial charge on any atom is 0.331 e. The quantitative estimate of drug-likeness (QED) is 0.228. The Morgan fingerprint density at radius 1 is 1.16 bits per heavy atom. The first-order valence-corrected chi connectivity index (χ1v) is 9.18. The summed E-state index contributed by atoms with van der Waals surface area (Å²) in [4.78, 5) is 63.2. The van der Waals surface area contributed by atoms with E-state index in [1.807, 2.05) is 0 Å². The van der Waals surface area contributed by atoms with Gasteiger partial charge in [0, 0.05) is 24.7 Å². The number of carbonyl (C=O) groups excluding carboxylic acids is 1. The minimum atomic E-state index is -2.37. The van der Waals surface area contributed by atoms with Crippen LogP contribution < -0.4 is 21.9 Å². The highest BCUT2D eigenvalue weighted by Gasteiger charge is 2.42. The molecule has 166 valence electrons. The zero-order valence-corrected chi connectivity index (χ0v) is 16.8. The lowest BCUT2D eigenvalue weighted by Gasteiger charge is -2.23. The summed E-state index contributed by atoms with van der Waals surface area (Å²) in [5, 5.41) is 18.2. The van der Waals surface area contributed by atoms with Crippen molar-refractivity contribution in [2.24, 2.45) is 5.73 Å². The average molecular weight is 441 g/mol. The van der Waals surface area contributed by atoms with E-state index in [-0.39, 0.29) is 22.7 Å². The molecule has 32 heavy (non-hydrogen) atoms. The molecule has 2 aromatic heterocycles. The predicted octanol–water partition coefficient (Wildman–Crippen LogP) is -0.107. The van der Waals surface area contributed by atoms with Crippen LogP contribution in [0.2, 0.25) is 0 Å². The molecular weight excluding hydrogens is 422 g/mol. The lowest BCUT2D eigenvalue weighted by Crippen LogP contribution is -2.55. The summed E-state index contributed by atoms with van der Waals surface area (Å²) in [5.74, 6) is -3.58. The van der Waals surface area contributed by atoms with Crippen LogP contribution in [-0.2, 0) is 9.59 Å². The Morgan fingerprint density at radius 3 is 2.41 bits per heavy atom. The standard InChI is InChI=1S/C19H19N7O6/c1-26(11-8-22-15-13(23-11)16(30)25-18(20)24-15)10-4-2-9(3-5-10)14(29)19(21,17(31)32)7-6-12(27)28/h2-5,8H,6-7,21H2,1H3,(H,27,28)(H,31,32)(H3,20,22,24,25,30). The molecule has 0 aliphatic heterocycles. The number of carboxylic acids is 2. The number of nitrogen functional groups attached to an aromatic ring is 1. The topological polar surface area (TPSA) is 218 Å². The van der Waals surface area contributed by atoms with Crippen molar-refractivity contribution in [1.29, 1.82) is 0 Å². The van der Waals surface area contributed by atoms with Gasteiger partial charge in [-0.2, -0.15) is 4.98 Å². The first-order chi connectivity index (χ1) is 15.0. The van der Waals surface area contributed by atoms with Gasteiger partial charge in [-0.15, -0.1) is 0 Å². The largest absolute Gasteiger partial charge is 0.481 e. The number of Topliss-reactive ketones (excluding diaryl/α,β-unsaturated/α-hetero) is 1. The van der Waals surface area contributed by atoms with Crippen molar-refractivity contribution in [3.05, 3.63) is 46.4 Å². The van der Waals surface area contributed by atoms with Gasteiger partial charge in [0.05, 0.1) is 6.20 Å². The summed E-state index contributed by atoms with van der Waals surface area (Å²) in [6, 6.07) is 5.76. The number of nitrogens with two attached hydrogens (primary N) is 2. The third kappa shape index (κ3) is 4.22. The Hall–Kier alpha value is -4.39. The Bertz CT molecular complexity index is 1270. The number of aliphatic carboxylic acids is 2. The summed E-state index contributed by atoms with van der Waals surface area (Å²) in [6.45, 7) is 0. The van der Waals surface area contributed by atoms with E-state index in [1.165, 1.54) is 30.5 Å². The van der Waals surface area contributed by atoms with Gasteiger partial charge in [-0.25, -0.2) is 14.8 Å². The molecule has 0 radical (unpaired) electrons. The maximum absolute atomic E-state index is 12.7. The van der Waals surface area contributed by atoms with Gasteiger partial charge in [0.1, 0.15) is 0 Å². The fraction of sp³-hybridized carbons (Fsp3) is 0.211. The molecule has 1 atom stereocenters. The van der Waals surface area contributed by atoms with E-state index < -0.39 is 41.7 Å². The number of hydrogen-bond acceptors (Lipinski definition) is 10. The van der Waals surface area contributed by atoms with Crippen LogP contribution in [0.5, 0.6) is 0 Å². The second-order valence-electron chi connectivity index (χ2n) is 6.96. The van der Waals surface area contributed by atoms with Crippen LogP contribution >= 0.6 is 0 Å². The maximum atomic E-state index is 12.7. The molecule has 0 bridgehead atoms. The van der Waals surface area contributed by atoms with Crippen LogP contribution in [0.3, 0.4) is 0 Å². The Labute approximate surface area is 179 Å². The van der Waals surface area contributed by atoms with Crippen LogP contribution in [0, 0.1) is 0 Å². The van der Waals surface area contributed by atoms with E-state index in [9.17, 15) is 24.3 Å². The van der Waals surface area contributed by atoms with Crippen molar-refractivity contribution >= 4 is 46.3 Å². The first-order valence-electron chi connectivity index (χ1n) is 9.18. The number of H-pyrrole nitrogens is 1. The molecule has 7 N–H and O–H groups in total. The van der Waals surface area contributed by atoms with E-state index in [0.29, 0.717) is 11.5 Å². The molecule has 0 aliphatic carbocycles. The molecule has 13 nitrogen and oxygen atoms in total. The zero-order valence-electron chi connectivity index (χ0n) is 16.8. The Kier molecular flexibility index (Phi) is 5.85. The molecule has 3 rings (SSSR count). The fourth-order valence-electron chi connectivity index (χ4n) is 2.93. The minimum Gasteiger partial charge on any atom is -0.481 e. The molecule has 0 aliphatic rings. The molecule has 1 aromatic carbocycles. The molecule has 3 aromatic rings. The van der Waals surface area contributed by atoms with E-state index in [1.54, 1.807) is 11.9 Å². The van der Waals surface area contributed by atoms with Crippen LogP contribution in [0.4, 0.5) is 17.5 Å². The van der Waals surface area contributed by atoms with Crippen LogP contribution in [-0.4, -0.2) is 60.5 Å². The number of nitrogens with zero attached hydrogens (tertiary/aromatic N) is 4. The smallest absolute Gasteiger partial charge is 0.331 e. The molecule has 1 unspecified atom stereocenters. The number of aromatic nitrogens is 4. The van der Waals surface area contributed by atoms with Gasteiger partial charge >= 0.3 is 11.9 Å². The Balaban J connectivity index is 1.88. The van der Waals surface area contributed by atoms with Crippen LogP contribution in [0.1, 0.15) is 23.2 Å². The summed E-state index contributed by atoms with van der Waals surface area (Å²) in [6.07, 6.45) is 0.252. The number of nitrogens with one attached hydrogen (secondary N) is 1. The number of aromatic amines is 1. The predicted molar refractivity (Wildman–Crippen MR) is 113 cm³/mol. The van der Waals surface area contributed by atoms with Gasteiger partial charge in [-0.1, -0.05) is 0 Å². The summed E-state index contributed by atoms with van der Waals surface area (Å²) >= 11 is 0. The van der Waals surface area contributed by atoms with Crippen LogP contribution in [0.15, 0.2) is 35.3 Å². The van der Waals surface area contributed by atoms with Gasteiger partial charge in [0.25, 0.3) is 5.56 Å². The van der Waals surface area contributed by atoms with Crippen LogP contribution in [0.25, 0.3) is 11.2 Å². The number of rotatable bonds is 8. The third-order valence-electron chi connectivity index (χ3n) is 4.80. The number of carbonyl (C=O) groups is 3. The molecule has 0 fully saturated rings. The van der Waals surface area contributed by atoms with Crippen molar-refractivity contribution in [3.63, 3.8) is 0 Å². The van der Waals surface area contributed by atoms with Crippen molar-refractivity contribution in [3.8, 4) is 0 Å². The van der Waals surface area contributed by atoms with Crippen molar-refractivity contribution in [2.45, 2.75) is 18.4 Å². The number of fused-ring (bicyclic) bond motifs is 1. The highest BCUT2D eigenvalue weighted by molar-refractivity contribution is 6.16. The molecule has 0 amide bonds. The Morgan fingerprint density at radius 2 is 1.81 bits per heavy atom. The number of ketones is 1. The average Bonchev–Trinajstić information content (AvgIpc) is 2.76. The molecule has 13 heteroatoms. The molecule has 0 spiro atoms. The van der Waals surface area contributed by atoms with Gasteiger partial charge < -0.3 is 26.6 Å². The summed E-state index contributed by atoms with van der Waals surface area (Å²) < 4.78 is 0. The lowest BCUT2D eigenvalue weighted by molar-refractivity contribution is -0.142. The summed E-state index contributed by atoms with van der Waals surface area (Å²) in [7, 11) is 1.64. The van der Waals surface area contributed by atoms with Crippen molar-refractivity contribution in [2.75, 3.05) is 17.7 Å². The molecule has 0 saturated heterocycles.